The van der Waals surface area contributed by atoms with Crippen molar-refractivity contribution in [2.75, 3.05) is 33.8 Å². The topological polar surface area (TPSA) is 121 Å². The first kappa shape index (κ1) is 30.2. The molecule has 0 aromatic rings. The molecule has 0 heterocycles. The van der Waals surface area contributed by atoms with Gasteiger partial charge in [-0.05, 0) is 6.42 Å². The summed E-state index contributed by atoms with van der Waals surface area (Å²) in [6, 6.07) is 0. The minimum atomic E-state index is -4.89. The van der Waals surface area contributed by atoms with Gasteiger partial charge in [0.25, 0.3) is 7.82 Å². The molecule has 0 saturated carbocycles. The third-order valence-electron chi connectivity index (χ3n) is 4.80. The zero-order valence-electron chi connectivity index (χ0n) is 18.4. The molecule has 28 heavy (non-hydrogen) atoms. The Morgan fingerprint density at radius 1 is 0.857 bits per heavy atom. The van der Waals surface area contributed by atoms with Crippen LogP contribution in [0, 0.1) is 0 Å². The van der Waals surface area contributed by atoms with Gasteiger partial charge in [0.05, 0.1) is 20.7 Å². The van der Waals surface area contributed by atoms with Crippen molar-refractivity contribution in [3.05, 3.63) is 0 Å². The van der Waals surface area contributed by atoms with Crippen LogP contribution in [-0.4, -0.2) is 64.4 Å². The summed E-state index contributed by atoms with van der Waals surface area (Å²) in [7, 11) is -0.747. The second-order valence-electron chi connectivity index (χ2n) is 8.39. The number of nitrogens with zero attached hydrogens (tertiary/aromatic N) is 1. The molecule has 0 saturated heterocycles. The van der Waals surface area contributed by atoms with Crippen molar-refractivity contribution >= 4 is 7.82 Å². The lowest BCUT2D eigenvalue weighted by Gasteiger charge is -2.31. The quantitative estimate of drug-likeness (QED) is 0.161. The third-order valence-corrected chi connectivity index (χ3v) is 4.80. The highest BCUT2D eigenvalue weighted by Gasteiger charge is 2.19. The predicted molar refractivity (Wildman–Crippen MR) is 113 cm³/mol. The summed E-state index contributed by atoms with van der Waals surface area (Å²) in [5.74, 6) is 0. The smallest absolute Gasteiger partial charge is 0.262 e. The zero-order chi connectivity index (χ0) is 21.9. The van der Waals surface area contributed by atoms with Crippen LogP contribution in [0.4, 0.5) is 0 Å². The van der Waals surface area contributed by atoms with E-state index in [1.165, 1.54) is 70.6 Å². The molecule has 1 unspecified atom stereocenters. The highest BCUT2D eigenvalue weighted by molar-refractivity contribution is 7.43. The fraction of sp³-hybridized carbons (Fsp3) is 1.00. The van der Waals surface area contributed by atoms with E-state index in [9.17, 15) is 5.11 Å². The van der Waals surface area contributed by atoms with E-state index in [4.69, 9.17) is 24.4 Å². The van der Waals surface area contributed by atoms with E-state index in [0.717, 1.165) is 25.9 Å². The van der Waals surface area contributed by atoms with E-state index in [1.807, 2.05) is 0 Å². The van der Waals surface area contributed by atoms with Crippen molar-refractivity contribution in [3.63, 3.8) is 0 Å². The summed E-state index contributed by atoms with van der Waals surface area (Å²) < 4.78 is 9.48. The van der Waals surface area contributed by atoms with Crippen LogP contribution in [0.5, 0.6) is 0 Å². The van der Waals surface area contributed by atoms with Crippen LogP contribution < -0.4 is 4.89 Å². The number of aliphatic hydroxyl groups is 2. The predicted octanol–water partition coefficient (Wildman–Crippen LogP) is 2.95. The Hall–Kier alpha value is -0.0100. The summed E-state index contributed by atoms with van der Waals surface area (Å²) in [4.78, 5) is 22.9. The van der Waals surface area contributed by atoms with Crippen LogP contribution in [-0.2, 0) is 4.57 Å². The Balaban J connectivity index is 0. The Labute approximate surface area is 172 Å². The number of phosphoric acid groups is 1. The number of hydrogen-bond acceptors (Lipinski definition) is 4. The zero-order valence-corrected chi connectivity index (χ0v) is 19.3. The fourth-order valence-electron chi connectivity index (χ4n) is 3.24. The molecule has 0 aliphatic rings. The first-order chi connectivity index (χ1) is 13.0. The molecule has 0 spiro atoms. The molecule has 0 aromatic heterocycles. The van der Waals surface area contributed by atoms with Crippen molar-refractivity contribution in [1.82, 2.24) is 0 Å². The number of unbranched alkanes of at least 4 members (excludes halogenated alkanes) is 11. The van der Waals surface area contributed by atoms with Gasteiger partial charge in [-0.3, -0.25) is 4.57 Å². The monoisotopic (exact) mass is 427 g/mol. The van der Waals surface area contributed by atoms with E-state index in [2.05, 4.69) is 21.0 Å². The second-order valence-corrected chi connectivity index (χ2v) is 9.37. The molecule has 4 N–H and O–H groups in total. The maximum absolute atomic E-state index is 10.1. The minimum Gasteiger partial charge on any atom is -0.756 e. The van der Waals surface area contributed by atoms with Crippen molar-refractivity contribution < 1.29 is 33.9 Å². The SMILES string of the molecule is CCCCCCCCCCCCCCC(O)C[N+](C)(C)CCO.O=P([O-])(O)O. The molecule has 172 valence electrons. The van der Waals surface area contributed by atoms with Crippen LogP contribution in [0.1, 0.15) is 90.4 Å². The third kappa shape index (κ3) is 30.7. The van der Waals surface area contributed by atoms with E-state index < -0.39 is 7.82 Å². The van der Waals surface area contributed by atoms with Crippen LogP contribution in [0.15, 0.2) is 0 Å². The van der Waals surface area contributed by atoms with Gasteiger partial charge in [0.15, 0.2) is 0 Å². The standard InChI is InChI=1S/C20H44NO2.H3O4P/c1-4-5-6-7-8-9-10-11-12-13-14-15-16-20(23)19-21(2,3)17-18-22;1-5(2,3)4/h20,22-23H,4-19H2,1-3H3;(H3,1,2,3,4)/q+1;/p-1. The molecular weight excluding hydrogens is 381 g/mol. The van der Waals surface area contributed by atoms with Gasteiger partial charge in [-0.15, -0.1) is 0 Å². The summed E-state index contributed by atoms with van der Waals surface area (Å²) in [6.45, 7) is 3.93. The van der Waals surface area contributed by atoms with Gasteiger partial charge in [0.2, 0.25) is 0 Å². The number of rotatable bonds is 17. The van der Waals surface area contributed by atoms with Gasteiger partial charge < -0.3 is 29.4 Å². The van der Waals surface area contributed by atoms with Gasteiger partial charge in [-0.25, -0.2) is 0 Å². The Bertz CT molecular complexity index is 367. The maximum Gasteiger partial charge on any atom is 0.262 e. The van der Waals surface area contributed by atoms with E-state index in [1.54, 1.807) is 0 Å². The first-order valence-electron chi connectivity index (χ1n) is 10.9. The molecule has 1 atom stereocenters. The molecule has 7 nitrogen and oxygen atoms in total. The van der Waals surface area contributed by atoms with Gasteiger partial charge >= 0.3 is 0 Å². The van der Waals surface area contributed by atoms with Crippen LogP contribution in [0.25, 0.3) is 0 Å². The minimum absolute atomic E-state index is 0.193. The van der Waals surface area contributed by atoms with Gasteiger partial charge in [0, 0.05) is 0 Å². The molecule has 0 aromatic carbocycles. The molecule has 0 rings (SSSR count). The molecule has 0 aliphatic carbocycles. The Morgan fingerprint density at radius 3 is 1.57 bits per heavy atom. The fourth-order valence-corrected chi connectivity index (χ4v) is 3.24. The van der Waals surface area contributed by atoms with Gasteiger partial charge in [-0.1, -0.05) is 84.0 Å². The van der Waals surface area contributed by atoms with Crippen LogP contribution in [0.2, 0.25) is 0 Å². The molecule has 0 fully saturated rings. The molecule has 8 heteroatoms. The summed E-state index contributed by atoms with van der Waals surface area (Å²) in [5.41, 5.74) is 0. The summed E-state index contributed by atoms with van der Waals surface area (Å²) in [6.07, 6.45) is 17.0. The second kappa shape index (κ2) is 19.0. The number of hydrogen-bond donors (Lipinski definition) is 4. The van der Waals surface area contributed by atoms with E-state index in [-0.39, 0.29) is 12.7 Å². The lowest BCUT2D eigenvalue weighted by molar-refractivity contribution is -0.893. The van der Waals surface area contributed by atoms with Crippen LogP contribution >= 0.6 is 7.82 Å². The Morgan fingerprint density at radius 2 is 1.21 bits per heavy atom. The van der Waals surface area contributed by atoms with Crippen molar-refractivity contribution in [2.24, 2.45) is 0 Å². The lowest BCUT2D eigenvalue weighted by atomic mass is 10.0. The van der Waals surface area contributed by atoms with Gasteiger partial charge in [-0.2, -0.15) is 0 Å². The summed E-state index contributed by atoms with van der Waals surface area (Å²) >= 11 is 0. The van der Waals surface area contributed by atoms with Gasteiger partial charge in [0.1, 0.15) is 19.2 Å². The molecule has 0 bridgehead atoms. The largest absolute Gasteiger partial charge is 0.756 e. The van der Waals surface area contributed by atoms with Crippen molar-refractivity contribution in [3.8, 4) is 0 Å². The summed E-state index contributed by atoms with van der Waals surface area (Å²) in [5, 5.41) is 19.1. The highest BCUT2D eigenvalue weighted by atomic mass is 31.2. The van der Waals surface area contributed by atoms with Crippen LogP contribution in [0.3, 0.4) is 0 Å². The van der Waals surface area contributed by atoms with Crippen molar-refractivity contribution in [2.45, 2.75) is 96.5 Å². The molecule has 0 aliphatic heterocycles. The van der Waals surface area contributed by atoms with E-state index >= 15 is 0 Å². The molecule has 0 amide bonds. The lowest BCUT2D eigenvalue weighted by Crippen LogP contribution is -2.47. The first-order valence-corrected chi connectivity index (χ1v) is 12.4. The maximum atomic E-state index is 10.1. The average molecular weight is 428 g/mol. The number of likely N-dealkylation sites (N-methyl/N-ethyl adjacent to an activating group) is 1. The molecular formula is C20H46NO6P. The normalized spacial score (nSPS) is 13.1. The number of aliphatic hydroxyl groups excluding tert-OH is 2. The van der Waals surface area contributed by atoms with E-state index in [0.29, 0.717) is 4.48 Å². The highest BCUT2D eigenvalue weighted by Crippen LogP contribution is 2.19. The Kier molecular flexibility index (Phi) is 20.5. The molecule has 0 radical (unpaired) electrons. The number of quaternary nitrogens is 1. The average Bonchev–Trinajstić information content (AvgIpc) is 2.53. The van der Waals surface area contributed by atoms with Crippen molar-refractivity contribution in [1.29, 1.82) is 0 Å².